The highest BCUT2D eigenvalue weighted by molar-refractivity contribution is 9.11. The zero-order valence-electron chi connectivity index (χ0n) is 7.83. The Morgan fingerprint density at radius 2 is 2.50 bits per heavy atom. The first kappa shape index (κ1) is 10.2. The molecule has 2 nitrogen and oxygen atoms in total. The second-order valence-electron chi connectivity index (χ2n) is 3.34. The van der Waals surface area contributed by atoms with E-state index in [0.29, 0.717) is 12.5 Å². The molecule has 0 bridgehead atoms. The lowest BCUT2D eigenvalue weighted by atomic mass is 10.3. The van der Waals surface area contributed by atoms with E-state index in [4.69, 9.17) is 4.74 Å². The summed E-state index contributed by atoms with van der Waals surface area (Å²) in [4.78, 5) is 12.7. The van der Waals surface area contributed by atoms with Gasteiger partial charge in [-0.15, -0.1) is 11.3 Å². The summed E-state index contributed by atoms with van der Waals surface area (Å²) in [7, 11) is 0. The molecule has 76 valence electrons. The van der Waals surface area contributed by atoms with E-state index in [-0.39, 0.29) is 11.9 Å². The van der Waals surface area contributed by atoms with Crippen LogP contribution < -0.4 is 0 Å². The molecule has 0 N–H and O–H groups in total. The minimum absolute atomic E-state index is 0.0398. The van der Waals surface area contributed by atoms with Crippen LogP contribution in [0.2, 0.25) is 0 Å². The van der Waals surface area contributed by atoms with Crippen molar-refractivity contribution in [2.24, 2.45) is 5.92 Å². The van der Waals surface area contributed by atoms with Crippen LogP contribution in [0.15, 0.2) is 15.9 Å². The van der Waals surface area contributed by atoms with Gasteiger partial charge in [0.05, 0.1) is 16.3 Å². The Hall–Kier alpha value is -0.350. The van der Waals surface area contributed by atoms with Gasteiger partial charge in [-0.25, -0.2) is 0 Å². The van der Waals surface area contributed by atoms with E-state index in [0.717, 1.165) is 10.2 Å². The third kappa shape index (κ3) is 2.01. The van der Waals surface area contributed by atoms with Gasteiger partial charge in [0.15, 0.2) is 0 Å². The van der Waals surface area contributed by atoms with E-state index >= 15 is 0 Å². The number of hydrogen-bond donors (Lipinski definition) is 0. The Bertz CT molecular complexity index is 348. The topological polar surface area (TPSA) is 26.3 Å². The molecule has 0 aliphatic heterocycles. The Morgan fingerprint density at radius 3 is 3.07 bits per heavy atom. The molecule has 1 fully saturated rings. The van der Waals surface area contributed by atoms with Crippen LogP contribution in [0.1, 0.15) is 24.1 Å². The standard InChI is InChI=1S/C10H11BrO2S/c1-2-13-10(12)7-5-6(7)8-3-4-9(11)14-8/h3-4,6-7H,2,5H2,1H3/t6-,7-/m1/s1. The van der Waals surface area contributed by atoms with Crippen LogP contribution in [0.3, 0.4) is 0 Å². The fourth-order valence-corrected chi connectivity index (χ4v) is 3.15. The second-order valence-corrected chi connectivity index (χ2v) is 5.84. The summed E-state index contributed by atoms with van der Waals surface area (Å²) in [5.74, 6) is 0.480. The zero-order chi connectivity index (χ0) is 10.1. The number of carbonyl (C=O) groups is 1. The highest BCUT2D eigenvalue weighted by Crippen LogP contribution is 2.50. The quantitative estimate of drug-likeness (QED) is 0.792. The molecule has 14 heavy (non-hydrogen) atoms. The van der Waals surface area contributed by atoms with Crippen LogP contribution in [0.4, 0.5) is 0 Å². The molecule has 0 saturated heterocycles. The fraction of sp³-hybridized carbons (Fsp3) is 0.500. The lowest BCUT2D eigenvalue weighted by Gasteiger charge is -1.98. The number of hydrogen-bond acceptors (Lipinski definition) is 3. The molecule has 0 amide bonds. The number of thiophene rings is 1. The zero-order valence-corrected chi connectivity index (χ0v) is 10.2. The van der Waals surface area contributed by atoms with Gasteiger partial charge in [0.1, 0.15) is 0 Å². The van der Waals surface area contributed by atoms with Gasteiger partial charge in [-0.2, -0.15) is 0 Å². The van der Waals surface area contributed by atoms with E-state index in [1.54, 1.807) is 11.3 Å². The lowest BCUT2D eigenvalue weighted by molar-refractivity contribution is -0.144. The first-order valence-corrected chi connectivity index (χ1v) is 6.25. The summed E-state index contributed by atoms with van der Waals surface area (Å²) in [5, 5.41) is 0. The molecule has 2 atom stereocenters. The molecule has 1 aliphatic rings. The second kappa shape index (κ2) is 4.03. The molecular weight excluding hydrogens is 264 g/mol. The molecule has 0 spiro atoms. The van der Waals surface area contributed by atoms with Crippen molar-refractivity contribution in [3.63, 3.8) is 0 Å². The summed E-state index contributed by atoms with van der Waals surface area (Å²) in [5.41, 5.74) is 0. The van der Waals surface area contributed by atoms with Gasteiger partial charge >= 0.3 is 5.97 Å². The number of ether oxygens (including phenoxy) is 1. The van der Waals surface area contributed by atoms with E-state index in [2.05, 4.69) is 22.0 Å². The maximum Gasteiger partial charge on any atom is 0.309 e. The molecule has 2 rings (SSSR count). The lowest BCUT2D eigenvalue weighted by Crippen LogP contribution is -2.06. The average molecular weight is 275 g/mol. The average Bonchev–Trinajstić information content (AvgIpc) is 2.84. The van der Waals surface area contributed by atoms with Crippen molar-refractivity contribution >= 4 is 33.2 Å². The van der Waals surface area contributed by atoms with Crippen LogP contribution in [-0.4, -0.2) is 12.6 Å². The molecule has 1 aliphatic carbocycles. The summed E-state index contributed by atoms with van der Waals surface area (Å²) < 4.78 is 6.11. The number of esters is 1. The molecule has 1 saturated carbocycles. The van der Waals surface area contributed by atoms with Crippen LogP contribution >= 0.6 is 27.3 Å². The van der Waals surface area contributed by atoms with Gasteiger partial charge in [0.25, 0.3) is 0 Å². The number of carbonyl (C=O) groups excluding carboxylic acids is 1. The van der Waals surface area contributed by atoms with Crippen LogP contribution in [0.25, 0.3) is 0 Å². The molecular formula is C10H11BrO2S. The predicted octanol–water partition coefficient (Wildman–Crippen LogP) is 3.18. The van der Waals surface area contributed by atoms with Crippen molar-refractivity contribution in [3.8, 4) is 0 Å². The van der Waals surface area contributed by atoms with Gasteiger partial charge in [-0.3, -0.25) is 4.79 Å². The van der Waals surface area contributed by atoms with Crippen molar-refractivity contribution in [2.45, 2.75) is 19.3 Å². The number of rotatable bonds is 3. The summed E-state index contributed by atoms with van der Waals surface area (Å²) in [6, 6.07) is 4.11. The van der Waals surface area contributed by atoms with E-state index in [9.17, 15) is 4.79 Å². The van der Waals surface area contributed by atoms with Gasteiger partial charge in [-0.05, 0) is 41.4 Å². The highest BCUT2D eigenvalue weighted by atomic mass is 79.9. The van der Waals surface area contributed by atoms with Gasteiger partial charge in [0.2, 0.25) is 0 Å². The third-order valence-corrected chi connectivity index (χ3v) is 4.09. The smallest absolute Gasteiger partial charge is 0.309 e. The fourth-order valence-electron chi connectivity index (χ4n) is 1.55. The van der Waals surface area contributed by atoms with Crippen molar-refractivity contribution in [1.82, 2.24) is 0 Å². The van der Waals surface area contributed by atoms with Crippen molar-refractivity contribution in [2.75, 3.05) is 6.61 Å². The maximum atomic E-state index is 11.4. The minimum atomic E-state index is -0.0398. The minimum Gasteiger partial charge on any atom is -0.466 e. The number of halogens is 1. The van der Waals surface area contributed by atoms with Crippen LogP contribution in [0, 0.1) is 5.92 Å². The molecule has 0 aromatic carbocycles. The first-order valence-electron chi connectivity index (χ1n) is 4.64. The highest BCUT2D eigenvalue weighted by Gasteiger charge is 2.45. The van der Waals surface area contributed by atoms with E-state index in [1.807, 2.05) is 13.0 Å². The van der Waals surface area contributed by atoms with E-state index < -0.39 is 0 Å². The summed E-state index contributed by atoms with van der Waals surface area (Å²) >= 11 is 5.12. The summed E-state index contributed by atoms with van der Waals surface area (Å²) in [6.07, 6.45) is 0.950. The van der Waals surface area contributed by atoms with Crippen molar-refractivity contribution < 1.29 is 9.53 Å². The Morgan fingerprint density at radius 1 is 1.71 bits per heavy atom. The van der Waals surface area contributed by atoms with Crippen LogP contribution in [-0.2, 0) is 9.53 Å². The maximum absolute atomic E-state index is 11.4. The van der Waals surface area contributed by atoms with Crippen molar-refractivity contribution in [3.05, 3.63) is 20.8 Å². The largest absolute Gasteiger partial charge is 0.466 e. The normalized spacial score (nSPS) is 24.7. The van der Waals surface area contributed by atoms with Gasteiger partial charge < -0.3 is 4.74 Å². The summed E-state index contributed by atoms with van der Waals surface area (Å²) in [6.45, 7) is 2.33. The van der Waals surface area contributed by atoms with Gasteiger partial charge in [0, 0.05) is 10.8 Å². The molecule has 1 aromatic heterocycles. The Kier molecular flexibility index (Phi) is 2.93. The molecule has 1 heterocycles. The Balaban J connectivity index is 1.96. The molecule has 0 unspecified atom stereocenters. The monoisotopic (exact) mass is 274 g/mol. The van der Waals surface area contributed by atoms with Gasteiger partial charge in [-0.1, -0.05) is 0 Å². The molecule has 1 aromatic rings. The third-order valence-electron chi connectivity index (χ3n) is 2.34. The van der Waals surface area contributed by atoms with Crippen LogP contribution in [0.5, 0.6) is 0 Å². The van der Waals surface area contributed by atoms with Crippen molar-refractivity contribution in [1.29, 1.82) is 0 Å². The predicted molar refractivity (Wildman–Crippen MR) is 59.5 cm³/mol. The first-order chi connectivity index (χ1) is 6.72. The SMILES string of the molecule is CCOC(=O)[C@@H]1C[C@H]1c1ccc(Br)s1. The molecule has 0 radical (unpaired) electrons. The van der Waals surface area contributed by atoms with E-state index in [1.165, 1.54) is 4.88 Å². The molecule has 4 heteroatoms. The Labute approximate surface area is 95.4 Å².